The van der Waals surface area contributed by atoms with Crippen LogP contribution in [0.1, 0.15) is 12.8 Å². The highest BCUT2D eigenvalue weighted by Gasteiger charge is 2.62. The smallest absolute Gasteiger partial charge is 0.289 e. The van der Waals surface area contributed by atoms with E-state index in [0.717, 1.165) is 17.7 Å². The van der Waals surface area contributed by atoms with E-state index >= 15 is 0 Å². The molecule has 4 atom stereocenters. The summed E-state index contributed by atoms with van der Waals surface area (Å²) in [6.07, 6.45) is 1.14. The van der Waals surface area contributed by atoms with Crippen LogP contribution in [0.2, 0.25) is 5.02 Å². The molecule has 3 heterocycles. The van der Waals surface area contributed by atoms with Gasteiger partial charge in [-0.15, -0.1) is 0 Å². The number of halogens is 1. The number of ether oxygens (including phenoxy) is 1. The van der Waals surface area contributed by atoms with Crippen LogP contribution < -0.4 is 4.90 Å². The molecule has 0 unspecified atom stereocenters. The highest BCUT2D eigenvalue weighted by molar-refractivity contribution is 6.33. The summed E-state index contributed by atoms with van der Waals surface area (Å²) in [5.74, 6) is -1.58. The maximum atomic E-state index is 12.6. The van der Waals surface area contributed by atoms with Crippen molar-refractivity contribution in [1.29, 1.82) is 0 Å². The van der Waals surface area contributed by atoms with E-state index in [9.17, 15) is 19.7 Å². The van der Waals surface area contributed by atoms with E-state index in [-0.39, 0.29) is 40.4 Å². The first-order valence-corrected chi connectivity index (χ1v) is 7.34. The third-order valence-electron chi connectivity index (χ3n) is 4.67. The van der Waals surface area contributed by atoms with Crippen LogP contribution in [0.3, 0.4) is 0 Å². The van der Waals surface area contributed by atoms with E-state index in [4.69, 9.17) is 16.3 Å². The molecule has 2 bridgehead atoms. The average molecular weight is 323 g/mol. The summed E-state index contributed by atoms with van der Waals surface area (Å²) in [4.78, 5) is 36.5. The number of amides is 2. The fourth-order valence-corrected chi connectivity index (χ4v) is 3.93. The summed E-state index contributed by atoms with van der Waals surface area (Å²) < 4.78 is 5.65. The first-order valence-electron chi connectivity index (χ1n) is 6.96. The van der Waals surface area contributed by atoms with Crippen molar-refractivity contribution in [3.8, 4) is 0 Å². The number of hydrogen-bond donors (Lipinski definition) is 0. The van der Waals surface area contributed by atoms with E-state index in [1.165, 1.54) is 18.2 Å². The standard InChI is InChI=1S/C14H11ClN2O5/c15-7-2-1-6(5-8(7)17(20)21)16-13(18)11-9-3-4-10(22-9)12(11)14(16)19/h1-2,5,9-12H,3-4H2/t9-,10+,11-,12+. The monoisotopic (exact) mass is 322 g/mol. The maximum absolute atomic E-state index is 12.6. The molecule has 1 aromatic rings. The van der Waals surface area contributed by atoms with Crippen molar-refractivity contribution in [3.63, 3.8) is 0 Å². The minimum atomic E-state index is -0.634. The number of nitro benzene ring substituents is 1. The van der Waals surface area contributed by atoms with Gasteiger partial charge < -0.3 is 4.74 Å². The van der Waals surface area contributed by atoms with Gasteiger partial charge in [-0.05, 0) is 25.0 Å². The zero-order valence-electron chi connectivity index (χ0n) is 11.3. The molecule has 3 saturated heterocycles. The van der Waals surface area contributed by atoms with Crippen LogP contribution in [0.5, 0.6) is 0 Å². The number of nitrogens with zero attached hydrogens (tertiary/aromatic N) is 2. The van der Waals surface area contributed by atoms with Gasteiger partial charge in [0.25, 0.3) is 5.69 Å². The molecule has 3 aliphatic rings. The van der Waals surface area contributed by atoms with Crippen LogP contribution in [0.4, 0.5) is 11.4 Å². The first kappa shape index (κ1) is 13.7. The van der Waals surface area contributed by atoms with Gasteiger partial charge in [0.05, 0.1) is 34.7 Å². The van der Waals surface area contributed by atoms with Crippen LogP contribution in [0.15, 0.2) is 18.2 Å². The van der Waals surface area contributed by atoms with Crippen molar-refractivity contribution in [2.24, 2.45) is 11.8 Å². The summed E-state index contributed by atoms with van der Waals surface area (Å²) in [5.41, 5.74) is -0.129. The average Bonchev–Trinajstić information content (AvgIpc) is 3.14. The largest absolute Gasteiger partial charge is 0.373 e. The van der Waals surface area contributed by atoms with E-state index in [1.54, 1.807) is 0 Å². The fourth-order valence-electron chi connectivity index (χ4n) is 3.75. The Morgan fingerprint density at radius 2 is 1.77 bits per heavy atom. The van der Waals surface area contributed by atoms with Gasteiger partial charge in [-0.2, -0.15) is 0 Å². The molecule has 0 aliphatic carbocycles. The molecule has 2 amide bonds. The summed E-state index contributed by atoms with van der Waals surface area (Å²) in [6.45, 7) is 0. The molecule has 0 saturated carbocycles. The van der Waals surface area contributed by atoms with Gasteiger partial charge >= 0.3 is 0 Å². The predicted molar refractivity (Wildman–Crippen MR) is 75.5 cm³/mol. The van der Waals surface area contributed by atoms with Crippen LogP contribution >= 0.6 is 11.6 Å². The third kappa shape index (κ3) is 1.66. The number of benzene rings is 1. The minimum absolute atomic E-state index is 0.0311. The molecule has 0 N–H and O–H groups in total. The first-order chi connectivity index (χ1) is 10.5. The van der Waals surface area contributed by atoms with Gasteiger partial charge in [0.1, 0.15) is 5.02 Å². The lowest BCUT2D eigenvalue weighted by Crippen LogP contribution is -2.34. The lowest BCUT2D eigenvalue weighted by Gasteiger charge is -2.17. The zero-order valence-corrected chi connectivity index (χ0v) is 12.0. The lowest BCUT2D eigenvalue weighted by atomic mass is 9.81. The molecule has 4 rings (SSSR count). The second-order valence-electron chi connectivity index (χ2n) is 5.75. The highest BCUT2D eigenvalue weighted by Crippen LogP contribution is 2.49. The molecule has 114 valence electrons. The maximum Gasteiger partial charge on any atom is 0.289 e. The third-order valence-corrected chi connectivity index (χ3v) is 4.99. The van der Waals surface area contributed by atoms with Gasteiger partial charge in [-0.1, -0.05) is 11.6 Å². The molecule has 0 radical (unpaired) electrons. The lowest BCUT2D eigenvalue weighted by molar-refractivity contribution is -0.384. The Balaban J connectivity index is 1.75. The van der Waals surface area contributed by atoms with Crippen LogP contribution in [-0.2, 0) is 14.3 Å². The van der Waals surface area contributed by atoms with Gasteiger partial charge in [-0.25, -0.2) is 4.90 Å². The van der Waals surface area contributed by atoms with E-state index in [1.807, 2.05) is 0 Å². The van der Waals surface area contributed by atoms with E-state index in [0.29, 0.717) is 0 Å². The number of hydrogen-bond acceptors (Lipinski definition) is 5. The molecular formula is C14H11ClN2O5. The Morgan fingerprint density at radius 1 is 1.18 bits per heavy atom. The van der Waals surface area contributed by atoms with Crippen molar-refractivity contribution < 1.29 is 19.2 Å². The summed E-state index contributed by atoms with van der Waals surface area (Å²) in [6, 6.07) is 3.95. The summed E-state index contributed by atoms with van der Waals surface area (Å²) >= 11 is 5.77. The van der Waals surface area contributed by atoms with Crippen LogP contribution in [0.25, 0.3) is 0 Å². The number of rotatable bonds is 2. The number of nitro groups is 1. The zero-order chi connectivity index (χ0) is 15.6. The molecule has 3 fully saturated rings. The second-order valence-corrected chi connectivity index (χ2v) is 6.15. The number of fused-ring (bicyclic) bond motifs is 5. The fraction of sp³-hybridized carbons (Fsp3) is 0.429. The summed E-state index contributed by atoms with van der Waals surface area (Å²) in [7, 11) is 0. The minimum Gasteiger partial charge on any atom is -0.373 e. The molecular weight excluding hydrogens is 312 g/mol. The molecule has 8 heteroatoms. The van der Waals surface area contributed by atoms with Gasteiger partial charge in [-0.3, -0.25) is 19.7 Å². The number of imide groups is 1. The Hall–Kier alpha value is -1.99. The van der Waals surface area contributed by atoms with Crippen molar-refractivity contribution >= 4 is 34.8 Å². The van der Waals surface area contributed by atoms with Crippen molar-refractivity contribution in [2.45, 2.75) is 25.0 Å². The van der Waals surface area contributed by atoms with Gasteiger partial charge in [0.15, 0.2) is 0 Å². The van der Waals surface area contributed by atoms with Crippen molar-refractivity contribution in [1.82, 2.24) is 0 Å². The Bertz CT molecular complexity index is 693. The topological polar surface area (TPSA) is 89.8 Å². The molecule has 0 aromatic heterocycles. The van der Waals surface area contributed by atoms with Gasteiger partial charge in [0.2, 0.25) is 11.8 Å². The molecule has 1 aromatic carbocycles. The molecule has 7 nitrogen and oxygen atoms in total. The Labute approximate surface area is 129 Å². The molecule has 3 aliphatic heterocycles. The second kappa shape index (κ2) is 4.50. The van der Waals surface area contributed by atoms with Crippen molar-refractivity contribution in [3.05, 3.63) is 33.3 Å². The highest BCUT2D eigenvalue weighted by atomic mass is 35.5. The SMILES string of the molecule is O=C1[C@@H]2[C@H](C(=O)N1c1ccc(Cl)c([N+](=O)[O-])c1)[C@H]1CC[C@@H]2O1. The molecule has 0 spiro atoms. The van der Waals surface area contributed by atoms with E-state index in [2.05, 4.69) is 0 Å². The Morgan fingerprint density at radius 3 is 2.32 bits per heavy atom. The number of anilines is 1. The quantitative estimate of drug-likeness (QED) is 0.471. The van der Waals surface area contributed by atoms with Crippen molar-refractivity contribution in [2.75, 3.05) is 4.90 Å². The van der Waals surface area contributed by atoms with Crippen LogP contribution in [-0.4, -0.2) is 28.9 Å². The normalized spacial score (nSPS) is 32.7. The predicted octanol–water partition coefficient (Wildman–Crippen LogP) is 1.91. The number of carbonyl (C=O) groups excluding carboxylic acids is 2. The van der Waals surface area contributed by atoms with E-state index < -0.39 is 16.8 Å². The molecule has 22 heavy (non-hydrogen) atoms. The Kier molecular flexibility index (Phi) is 2.79. The number of carbonyl (C=O) groups is 2. The van der Waals surface area contributed by atoms with Crippen LogP contribution in [0, 0.1) is 22.0 Å². The summed E-state index contributed by atoms with van der Waals surface area (Å²) in [5, 5.41) is 10.9. The van der Waals surface area contributed by atoms with Gasteiger partial charge in [0, 0.05) is 6.07 Å².